The average molecular weight is 300 g/mol. The smallest absolute Gasteiger partial charge is 0.0966 e. The highest BCUT2D eigenvalue weighted by molar-refractivity contribution is 7.98. The fourth-order valence-electron chi connectivity index (χ4n) is 2.21. The number of thioether (sulfide) groups is 1. The summed E-state index contributed by atoms with van der Waals surface area (Å²) in [5.74, 6) is 0.967. The monoisotopic (exact) mass is 300 g/mol. The first-order valence-corrected chi connectivity index (χ1v) is 8.55. The molecule has 1 N–H and O–H groups in total. The van der Waals surface area contributed by atoms with Crippen molar-refractivity contribution in [3.8, 4) is 0 Å². The van der Waals surface area contributed by atoms with E-state index in [9.17, 15) is 0 Å². The first-order valence-electron chi connectivity index (χ1n) is 7.56. The van der Waals surface area contributed by atoms with Crippen LogP contribution in [0.5, 0.6) is 0 Å². The molecule has 1 aromatic carbocycles. The maximum atomic E-state index is 4.47. The molecule has 21 heavy (non-hydrogen) atoms. The van der Waals surface area contributed by atoms with Crippen molar-refractivity contribution in [3.05, 3.63) is 59.3 Å². The summed E-state index contributed by atoms with van der Waals surface area (Å²) in [6, 6.07) is 13.3. The van der Waals surface area contributed by atoms with Crippen molar-refractivity contribution in [1.82, 2.24) is 10.3 Å². The van der Waals surface area contributed by atoms with E-state index >= 15 is 0 Å². The van der Waals surface area contributed by atoms with Crippen LogP contribution in [0.15, 0.2) is 47.6 Å². The highest BCUT2D eigenvalue weighted by Gasteiger charge is 2.06. The Balaban J connectivity index is 1.97. The minimum absolute atomic E-state index is 0.381. The zero-order valence-corrected chi connectivity index (χ0v) is 13.9. The van der Waals surface area contributed by atoms with Gasteiger partial charge in [-0.05, 0) is 50.1 Å². The van der Waals surface area contributed by atoms with E-state index in [1.165, 1.54) is 16.7 Å². The number of rotatable bonds is 7. The molecule has 0 aliphatic rings. The number of aromatic nitrogens is 1. The first-order chi connectivity index (χ1) is 10.2. The lowest BCUT2D eigenvalue weighted by Crippen LogP contribution is -2.19. The van der Waals surface area contributed by atoms with Gasteiger partial charge in [0.1, 0.15) is 0 Å². The van der Waals surface area contributed by atoms with Crippen LogP contribution in [0.1, 0.15) is 43.0 Å². The van der Waals surface area contributed by atoms with Gasteiger partial charge in [0.2, 0.25) is 0 Å². The number of hydrogen-bond donors (Lipinski definition) is 1. The molecule has 1 unspecified atom stereocenters. The van der Waals surface area contributed by atoms with Crippen LogP contribution >= 0.6 is 11.8 Å². The van der Waals surface area contributed by atoms with Crippen molar-refractivity contribution in [2.45, 2.75) is 44.0 Å². The Kier molecular flexibility index (Phi) is 6.27. The van der Waals surface area contributed by atoms with E-state index in [1.54, 1.807) is 11.8 Å². The molecule has 0 aliphatic carbocycles. The molecule has 1 aromatic heterocycles. The second kappa shape index (κ2) is 8.20. The fourth-order valence-corrected chi connectivity index (χ4v) is 3.06. The van der Waals surface area contributed by atoms with E-state index < -0.39 is 0 Å². The molecule has 0 amide bonds. The van der Waals surface area contributed by atoms with Gasteiger partial charge in [0.05, 0.1) is 5.03 Å². The predicted octanol–water partition coefficient (Wildman–Crippen LogP) is 4.74. The number of hydrogen-bond acceptors (Lipinski definition) is 3. The predicted molar refractivity (Wildman–Crippen MR) is 91.7 cm³/mol. The van der Waals surface area contributed by atoms with Gasteiger partial charge in [-0.3, -0.25) is 0 Å². The van der Waals surface area contributed by atoms with Crippen LogP contribution in [0.2, 0.25) is 0 Å². The Morgan fingerprint density at radius 1 is 1.24 bits per heavy atom. The van der Waals surface area contributed by atoms with E-state index in [1.807, 2.05) is 6.20 Å². The molecular formula is C18H24N2S. The summed E-state index contributed by atoms with van der Waals surface area (Å²) in [4.78, 5) is 4.47. The lowest BCUT2D eigenvalue weighted by Gasteiger charge is -2.14. The summed E-state index contributed by atoms with van der Waals surface area (Å²) in [6.07, 6.45) is 3.07. The number of benzene rings is 1. The van der Waals surface area contributed by atoms with E-state index in [0.717, 1.165) is 23.7 Å². The van der Waals surface area contributed by atoms with Crippen molar-refractivity contribution in [2.24, 2.45) is 0 Å². The average Bonchev–Trinajstić information content (AvgIpc) is 2.51. The second-order valence-corrected chi connectivity index (χ2v) is 6.38. The first kappa shape index (κ1) is 16.1. The van der Waals surface area contributed by atoms with Crippen molar-refractivity contribution in [3.63, 3.8) is 0 Å². The highest BCUT2D eigenvalue weighted by atomic mass is 32.2. The molecule has 0 aliphatic heterocycles. The molecule has 2 aromatic rings. The third-order valence-electron chi connectivity index (χ3n) is 3.43. The molecule has 0 fully saturated rings. The maximum Gasteiger partial charge on any atom is 0.0966 e. The van der Waals surface area contributed by atoms with Crippen molar-refractivity contribution in [2.75, 3.05) is 6.54 Å². The summed E-state index contributed by atoms with van der Waals surface area (Å²) in [6.45, 7) is 7.58. The van der Waals surface area contributed by atoms with E-state index in [0.29, 0.717) is 6.04 Å². The van der Waals surface area contributed by atoms with Crippen molar-refractivity contribution in [1.29, 1.82) is 0 Å². The van der Waals surface area contributed by atoms with Gasteiger partial charge < -0.3 is 5.32 Å². The molecule has 1 atom stereocenters. The standard InChI is InChI=1S/C18H24N2S/c1-4-9-19-15(3)17-8-10-20-18(12-17)21-13-16-7-5-6-14(2)11-16/h5-8,10-12,15,19H,4,9,13H2,1-3H3. The number of aryl methyl sites for hydroxylation is 1. The molecule has 3 heteroatoms. The van der Waals surface area contributed by atoms with E-state index in [-0.39, 0.29) is 0 Å². The van der Waals surface area contributed by atoms with Gasteiger partial charge in [-0.15, -0.1) is 11.8 Å². The molecule has 0 spiro atoms. The third-order valence-corrected chi connectivity index (χ3v) is 4.43. The number of nitrogens with one attached hydrogen (secondary N) is 1. The van der Waals surface area contributed by atoms with Crippen LogP contribution in [0.3, 0.4) is 0 Å². The van der Waals surface area contributed by atoms with Crippen LogP contribution in [-0.4, -0.2) is 11.5 Å². The summed E-state index contributed by atoms with van der Waals surface area (Å²) >= 11 is 1.80. The molecule has 2 rings (SSSR count). The van der Waals surface area contributed by atoms with Gasteiger partial charge >= 0.3 is 0 Å². The van der Waals surface area contributed by atoms with E-state index in [4.69, 9.17) is 0 Å². The summed E-state index contributed by atoms with van der Waals surface area (Å²) in [7, 11) is 0. The Morgan fingerprint density at radius 2 is 2.10 bits per heavy atom. The van der Waals surface area contributed by atoms with Crippen LogP contribution in [0.25, 0.3) is 0 Å². The molecule has 0 saturated heterocycles. The SMILES string of the molecule is CCCNC(C)c1ccnc(SCc2cccc(C)c2)c1. The Labute approximate surface area is 132 Å². The largest absolute Gasteiger partial charge is 0.310 e. The lowest BCUT2D eigenvalue weighted by atomic mass is 10.1. The van der Waals surface area contributed by atoms with Gasteiger partial charge in [-0.2, -0.15) is 0 Å². The Morgan fingerprint density at radius 3 is 2.86 bits per heavy atom. The fraction of sp³-hybridized carbons (Fsp3) is 0.389. The zero-order valence-electron chi connectivity index (χ0n) is 13.1. The van der Waals surface area contributed by atoms with Crippen molar-refractivity contribution >= 4 is 11.8 Å². The molecular weight excluding hydrogens is 276 g/mol. The van der Waals surface area contributed by atoms with Crippen LogP contribution < -0.4 is 5.32 Å². The quantitative estimate of drug-likeness (QED) is 0.747. The minimum Gasteiger partial charge on any atom is -0.310 e. The molecule has 0 radical (unpaired) electrons. The summed E-state index contributed by atoms with van der Waals surface area (Å²) in [5, 5.41) is 4.62. The van der Waals surface area contributed by atoms with Gasteiger partial charge in [-0.25, -0.2) is 4.98 Å². The normalized spacial score (nSPS) is 12.3. The highest BCUT2D eigenvalue weighted by Crippen LogP contribution is 2.23. The summed E-state index contributed by atoms with van der Waals surface area (Å²) in [5.41, 5.74) is 3.97. The molecule has 1 heterocycles. The topological polar surface area (TPSA) is 24.9 Å². The third kappa shape index (κ3) is 5.18. The van der Waals surface area contributed by atoms with Crippen LogP contribution in [0, 0.1) is 6.92 Å². The van der Waals surface area contributed by atoms with Gasteiger partial charge in [-0.1, -0.05) is 36.8 Å². The van der Waals surface area contributed by atoms with Gasteiger partial charge in [0.15, 0.2) is 0 Å². The molecule has 0 bridgehead atoms. The second-order valence-electron chi connectivity index (χ2n) is 5.38. The summed E-state index contributed by atoms with van der Waals surface area (Å²) < 4.78 is 0. The maximum absolute atomic E-state index is 4.47. The molecule has 0 saturated carbocycles. The number of nitrogens with zero attached hydrogens (tertiary/aromatic N) is 1. The Hall–Kier alpha value is -1.32. The van der Waals surface area contributed by atoms with Gasteiger partial charge in [0, 0.05) is 18.0 Å². The van der Waals surface area contributed by atoms with Gasteiger partial charge in [0.25, 0.3) is 0 Å². The number of pyridine rings is 1. The Bertz CT molecular complexity index is 569. The molecule has 2 nitrogen and oxygen atoms in total. The van der Waals surface area contributed by atoms with Crippen LogP contribution in [-0.2, 0) is 5.75 Å². The van der Waals surface area contributed by atoms with Crippen LogP contribution in [0.4, 0.5) is 0 Å². The molecule has 112 valence electrons. The van der Waals surface area contributed by atoms with Crippen molar-refractivity contribution < 1.29 is 0 Å². The zero-order chi connectivity index (χ0) is 15.1. The minimum atomic E-state index is 0.381. The van der Waals surface area contributed by atoms with E-state index in [2.05, 4.69) is 67.5 Å². The lowest BCUT2D eigenvalue weighted by molar-refractivity contribution is 0.569.